The number of aryl methyl sites for hydroxylation is 2. The Labute approximate surface area is 78.7 Å². The van der Waals surface area contributed by atoms with Crippen LogP contribution in [0, 0.1) is 6.92 Å². The fourth-order valence-corrected chi connectivity index (χ4v) is 1.31. The summed E-state index contributed by atoms with van der Waals surface area (Å²) in [6.07, 6.45) is 1.27. The molecule has 3 nitrogen and oxygen atoms in total. The Kier molecular flexibility index (Phi) is 2.88. The van der Waals surface area contributed by atoms with Crippen LogP contribution in [-0.4, -0.2) is 14.9 Å². The molecule has 72 valence electrons. The average Bonchev–Trinajstić information content (AvgIpc) is 2.28. The molecule has 0 bridgehead atoms. The first-order valence-corrected chi connectivity index (χ1v) is 4.34. The highest BCUT2D eigenvalue weighted by atomic mass is 16.3. The summed E-state index contributed by atoms with van der Waals surface area (Å²) in [6.45, 7) is 5.84. The van der Waals surface area contributed by atoms with Crippen molar-refractivity contribution < 1.29 is 5.11 Å². The van der Waals surface area contributed by atoms with E-state index in [0.29, 0.717) is 0 Å². The van der Waals surface area contributed by atoms with Crippen LogP contribution in [0.5, 0.6) is 0 Å². The molecule has 0 saturated heterocycles. The van der Waals surface area contributed by atoms with E-state index < -0.39 is 6.10 Å². The maximum atomic E-state index is 9.75. The molecule has 0 aliphatic heterocycles. The van der Waals surface area contributed by atoms with Gasteiger partial charge in [0, 0.05) is 7.05 Å². The van der Waals surface area contributed by atoms with E-state index in [1.54, 1.807) is 4.68 Å². The highest BCUT2D eigenvalue weighted by Crippen LogP contribution is 2.15. The van der Waals surface area contributed by atoms with Crippen LogP contribution in [0.3, 0.4) is 0 Å². The van der Waals surface area contributed by atoms with Gasteiger partial charge >= 0.3 is 0 Å². The quantitative estimate of drug-likeness (QED) is 0.704. The predicted molar refractivity (Wildman–Crippen MR) is 52.3 cm³/mol. The summed E-state index contributed by atoms with van der Waals surface area (Å²) in [5.74, 6) is 0. The van der Waals surface area contributed by atoms with E-state index in [0.717, 1.165) is 17.0 Å². The highest BCUT2D eigenvalue weighted by molar-refractivity contribution is 5.17. The van der Waals surface area contributed by atoms with Gasteiger partial charge in [-0.25, -0.2) is 0 Å². The van der Waals surface area contributed by atoms with Crippen LogP contribution in [0.1, 0.15) is 31.3 Å². The maximum Gasteiger partial charge on any atom is 0.114 e. The number of aromatic nitrogens is 2. The van der Waals surface area contributed by atoms with Gasteiger partial charge in [0.2, 0.25) is 0 Å². The third-order valence-corrected chi connectivity index (χ3v) is 1.83. The number of hydrogen-bond donors (Lipinski definition) is 1. The molecule has 1 heterocycles. The second kappa shape index (κ2) is 3.75. The summed E-state index contributed by atoms with van der Waals surface area (Å²) in [5.41, 5.74) is 2.86. The van der Waals surface area contributed by atoms with Crippen molar-refractivity contribution in [3.63, 3.8) is 0 Å². The first-order valence-electron chi connectivity index (χ1n) is 4.34. The smallest absolute Gasteiger partial charge is 0.114 e. The Morgan fingerprint density at radius 1 is 1.62 bits per heavy atom. The summed E-state index contributed by atoms with van der Waals surface area (Å²) in [6, 6.07) is 1.89. The number of allylic oxidation sites excluding steroid dienone is 1. The molecule has 0 fully saturated rings. The van der Waals surface area contributed by atoms with Crippen molar-refractivity contribution >= 4 is 0 Å². The Bertz CT molecular complexity index is 322. The van der Waals surface area contributed by atoms with Crippen molar-refractivity contribution in [1.82, 2.24) is 9.78 Å². The second-order valence-electron chi connectivity index (χ2n) is 3.52. The molecule has 1 aromatic heterocycles. The van der Waals surface area contributed by atoms with Crippen LogP contribution in [-0.2, 0) is 7.05 Å². The molecular weight excluding hydrogens is 164 g/mol. The lowest BCUT2D eigenvalue weighted by atomic mass is 10.2. The molecule has 1 N–H and O–H groups in total. The average molecular weight is 180 g/mol. The lowest BCUT2D eigenvalue weighted by Gasteiger charge is -2.06. The molecule has 0 radical (unpaired) electrons. The summed E-state index contributed by atoms with van der Waals surface area (Å²) in [4.78, 5) is 0. The zero-order valence-electron chi connectivity index (χ0n) is 8.57. The van der Waals surface area contributed by atoms with Gasteiger partial charge in [0.1, 0.15) is 6.10 Å². The molecule has 1 atom stereocenters. The monoisotopic (exact) mass is 180 g/mol. The van der Waals surface area contributed by atoms with Crippen LogP contribution >= 0.6 is 0 Å². The zero-order chi connectivity index (χ0) is 10.0. The fraction of sp³-hybridized carbons (Fsp3) is 0.500. The molecule has 0 aliphatic rings. The van der Waals surface area contributed by atoms with Crippen molar-refractivity contribution in [3.05, 3.63) is 29.1 Å². The van der Waals surface area contributed by atoms with Gasteiger partial charge < -0.3 is 5.11 Å². The Morgan fingerprint density at radius 2 is 2.23 bits per heavy atom. The minimum Gasteiger partial charge on any atom is -0.383 e. The number of aliphatic hydroxyl groups is 1. The third kappa shape index (κ3) is 2.42. The van der Waals surface area contributed by atoms with E-state index in [1.165, 1.54) is 0 Å². The van der Waals surface area contributed by atoms with Crippen molar-refractivity contribution in [1.29, 1.82) is 0 Å². The van der Waals surface area contributed by atoms with E-state index in [1.807, 2.05) is 40.0 Å². The third-order valence-electron chi connectivity index (χ3n) is 1.83. The molecule has 3 heteroatoms. The number of aliphatic hydroxyl groups excluding tert-OH is 1. The minimum absolute atomic E-state index is 0.545. The molecule has 0 amide bonds. The van der Waals surface area contributed by atoms with Crippen LogP contribution in [0.2, 0.25) is 0 Å². The van der Waals surface area contributed by atoms with E-state index >= 15 is 0 Å². The first kappa shape index (κ1) is 9.99. The zero-order valence-corrected chi connectivity index (χ0v) is 8.57. The second-order valence-corrected chi connectivity index (χ2v) is 3.52. The van der Waals surface area contributed by atoms with Crippen molar-refractivity contribution in [3.8, 4) is 0 Å². The standard InChI is InChI=1S/C10H16N2O/c1-7(2)5-10(13)9-6-8(3)11-12(9)4/h5-6,10,13H,1-4H3. The first-order chi connectivity index (χ1) is 6.00. The summed E-state index contributed by atoms with van der Waals surface area (Å²) in [7, 11) is 1.84. The normalized spacial score (nSPS) is 12.7. The number of nitrogens with zero attached hydrogens (tertiary/aromatic N) is 2. The van der Waals surface area contributed by atoms with E-state index in [2.05, 4.69) is 5.10 Å². The van der Waals surface area contributed by atoms with E-state index in [9.17, 15) is 5.11 Å². The van der Waals surface area contributed by atoms with Crippen molar-refractivity contribution in [2.45, 2.75) is 26.9 Å². The van der Waals surface area contributed by atoms with Gasteiger partial charge in [0.15, 0.2) is 0 Å². The van der Waals surface area contributed by atoms with Crippen LogP contribution < -0.4 is 0 Å². The molecule has 0 aliphatic carbocycles. The Hall–Kier alpha value is -1.09. The van der Waals surface area contributed by atoms with Gasteiger partial charge in [-0.15, -0.1) is 0 Å². The van der Waals surface area contributed by atoms with Gasteiger partial charge in [-0.1, -0.05) is 11.6 Å². The fourth-order valence-electron chi connectivity index (χ4n) is 1.31. The molecule has 1 rings (SSSR count). The Balaban J connectivity index is 2.94. The molecule has 13 heavy (non-hydrogen) atoms. The van der Waals surface area contributed by atoms with Crippen LogP contribution in [0.15, 0.2) is 17.7 Å². The summed E-state index contributed by atoms with van der Waals surface area (Å²) < 4.78 is 1.71. The highest BCUT2D eigenvalue weighted by Gasteiger charge is 2.09. The van der Waals surface area contributed by atoms with Crippen LogP contribution in [0.4, 0.5) is 0 Å². The molecule has 1 aromatic rings. The van der Waals surface area contributed by atoms with Crippen LogP contribution in [0.25, 0.3) is 0 Å². The topological polar surface area (TPSA) is 38.1 Å². The summed E-state index contributed by atoms with van der Waals surface area (Å²) in [5, 5.41) is 13.9. The van der Waals surface area contributed by atoms with Crippen molar-refractivity contribution in [2.75, 3.05) is 0 Å². The van der Waals surface area contributed by atoms with Gasteiger partial charge in [-0.3, -0.25) is 4.68 Å². The molecule has 0 spiro atoms. The SMILES string of the molecule is CC(C)=CC(O)c1cc(C)nn1C. The lowest BCUT2D eigenvalue weighted by molar-refractivity contribution is 0.217. The van der Waals surface area contributed by atoms with E-state index in [4.69, 9.17) is 0 Å². The lowest BCUT2D eigenvalue weighted by Crippen LogP contribution is -2.03. The van der Waals surface area contributed by atoms with Gasteiger partial charge in [0.05, 0.1) is 11.4 Å². The van der Waals surface area contributed by atoms with Gasteiger partial charge in [0.25, 0.3) is 0 Å². The molecule has 1 unspecified atom stereocenters. The summed E-state index contributed by atoms with van der Waals surface area (Å²) >= 11 is 0. The predicted octanol–water partition coefficient (Wildman–Crippen LogP) is 1.73. The molecule has 0 saturated carbocycles. The Morgan fingerprint density at radius 3 is 2.62 bits per heavy atom. The molecule has 0 aromatic carbocycles. The van der Waals surface area contributed by atoms with E-state index in [-0.39, 0.29) is 0 Å². The van der Waals surface area contributed by atoms with Crippen molar-refractivity contribution in [2.24, 2.45) is 7.05 Å². The maximum absolute atomic E-state index is 9.75. The largest absolute Gasteiger partial charge is 0.383 e. The molecular formula is C10H16N2O. The van der Waals surface area contributed by atoms with Gasteiger partial charge in [-0.05, 0) is 26.8 Å². The minimum atomic E-state index is -0.545. The number of rotatable bonds is 2. The van der Waals surface area contributed by atoms with Gasteiger partial charge in [-0.2, -0.15) is 5.10 Å². The number of hydrogen-bond acceptors (Lipinski definition) is 2.